The van der Waals surface area contributed by atoms with Gasteiger partial charge < -0.3 is 5.11 Å². The van der Waals surface area contributed by atoms with Crippen LogP contribution in [0, 0.1) is 0 Å². The van der Waals surface area contributed by atoms with Crippen molar-refractivity contribution < 1.29 is 9.90 Å². The molecule has 1 heterocycles. The Morgan fingerprint density at radius 3 is 2.90 bits per heavy atom. The minimum atomic E-state index is -0.777. The Bertz CT molecular complexity index is 688. The molecule has 0 amide bonds. The molecule has 2 nitrogen and oxygen atoms in total. The molecule has 0 unspecified atom stereocenters. The molecule has 0 aromatic heterocycles. The molecular weight excluding hydrogens is 324 g/mol. The normalized spacial score (nSPS) is 16.7. The molecule has 5 heteroatoms. The number of carboxylic acids is 1. The largest absolute Gasteiger partial charge is 0.481 e. The van der Waals surface area contributed by atoms with Gasteiger partial charge in [0.05, 0.1) is 5.75 Å². The summed E-state index contributed by atoms with van der Waals surface area (Å²) in [5.74, 6) is -0.666. The number of fused-ring (bicyclic) bond motifs is 2. The third-order valence-corrected chi connectivity index (χ3v) is 6.00. The van der Waals surface area contributed by atoms with Crippen LogP contribution in [0.5, 0.6) is 0 Å². The van der Waals surface area contributed by atoms with Crippen LogP contribution in [0.4, 0.5) is 0 Å². The number of thioether (sulfide) groups is 1. The average molecular weight is 337 g/mol. The summed E-state index contributed by atoms with van der Waals surface area (Å²) in [6.07, 6.45) is 0.803. The van der Waals surface area contributed by atoms with Crippen molar-refractivity contribution >= 4 is 41.1 Å². The summed E-state index contributed by atoms with van der Waals surface area (Å²) in [7, 11) is 0. The number of benzene rings is 2. The van der Waals surface area contributed by atoms with E-state index in [0.717, 1.165) is 11.4 Å². The molecule has 1 aliphatic heterocycles. The maximum absolute atomic E-state index is 10.9. The molecule has 0 radical (unpaired) electrons. The van der Waals surface area contributed by atoms with Crippen molar-refractivity contribution in [1.29, 1.82) is 0 Å². The predicted octanol–water partition coefficient (Wildman–Crippen LogP) is 4.91. The molecule has 1 N–H and O–H groups in total. The molecule has 0 saturated carbocycles. The fraction of sp³-hybridized carbons (Fsp3) is 0.188. The summed E-state index contributed by atoms with van der Waals surface area (Å²) in [6, 6.07) is 14.2. The van der Waals surface area contributed by atoms with E-state index in [1.165, 1.54) is 32.7 Å². The van der Waals surface area contributed by atoms with Crippen LogP contribution in [0.25, 0.3) is 0 Å². The highest BCUT2D eigenvalue weighted by Crippen LogP contribution is 2.45. The Kier molecular flexibility index (Phi) is 4.48. The first kappa shape index (κ1) is 14.8. The van der Waals surface area contributed by atoms with E-state index >= 15 is 0 Å². The predicted molar refractivity (Wildman–Crippen MR) is 88.6 cm³/mol. The number of carboxylic acid groups (broad SMARTS) is 1. The smallest absolute Gasteiger partial charge is 0.313 e. The molecule has 3 rings (SSSR count). The molecule has 0 aliphatic carbocycles. The molecule has 2 aromatic rings. The van der Waals surface area contributed by atoms with Gasteiger partial charge in [0.1, 0.15) is 0 Å². The number of aliphatic carboxylic acids is 1. The second-order valence-corrected chi connectivity index (χ2v) is 7.50. The van der Waals surface area contributed by atoms with Gasteiger partial charge >= 0.3 is 5.97 Å². The van der Waals surface area contributed by atoms with Crippen molar-refractivity contribution in [2.75, 3.05) is 5.75 Å². The highest BCUT2D eigenvalue weighted by atomic mass is 35.5. The highest BCUT2D eigenvalue weighted by Gasteiger charge is 2.23. The van der Waals surface area contributed by atoms with Crippen molar-refractivity contribution in [2.45, 2.75) is 21.5 Å². The van der Waals surface area contributed by atoms with Crippen LogP contribution in [0.1, 0.15) is 16.4 Å². The Hall–Kier alpha value is -1.10. The van der Waals surface area contributed by atoms with Gasteiger partial charge in [0, 0.05) is 20.1 Å². The van der Waals surface area contributed by atoms with Crippen LogP contribution in [0.3, 0.4) is 0 Å². The van der Waals surface area contributed by atoms with E-state index < -0.39 is 5.97 Å². The van der Waals surface area contributed by atoms with E-state index in [4.69, 9.17) is 16.7 Å². The Labute approximate surface area is 136 Å². The van der Waals surface area contributed by atoms with Crippen LogP contribution < -0.4 is 0 Å². The molecule has 1 atom stereocenters. The number of halogens is 1. The van der Waals surface area contributed by atoms with E-state index in [1.54, 1.807) is 11.8 Å². The summed E-state index contributed by atoms with van der Waals surface area (Å²) >= 11 is 9.31. The van der Waals surface area contributed by atoms with Gasteiger partial charge in [-0.3, -0.25) is 4.79 Å². The first-order valence-corrected chi connectivity index (χ1v) is 8.76. The first-order chi connectivity index (χ1) is 10.1. The van der Waals surface area contributed by atoms with Gasteiger partial charge in [0.25, 0.3) is 0 Å². The third kappa shape index (κ3) is 3.39. The molecule has 0 spiro atoms. The zero-order chi connectivity index (χ0) is 14.8. The standard InChI is InChI=1S/C16H13ClO2S2/c17-11-5-6-13-10(7-11)8-15(20-9-16(18)19)12-3-1-2-4-14(12)21-13/h1-7,15H,8-9H2,(H,18,19)/t15-/m0/s1. The molecule has 0 saturated heterocycles. The summed E-state index contributed by atoms with van der Waals surface area (Å²) in [4.78, 5) is 13.3. The van der Waals surface area contributed by atoms with Crippen LogP contribution in [0.2, 0.25) is 5.02 Å². The second-order valence-electron chi connectivity index (χ2n) is 4.79. The zero-order valence-corrected chi connectivity index (χ0v) is 13.5. The maximum Gasteiger partial charge on any atom is 0.313 e. The lowest BCUT2D eigenvalue weighted by molar-refractivity contribution is -0.133. The van der Waals surface area contributed by atoms with Crippen molar-refractivity contribution in [3.63, 3.8) is 0 Å². The van der Waals surface area contributed by atoms with E-state index in [9.17, 15) is 4.79 Å². The van der Waals surface area contributed by atoms with Gasteiger partial charge in [-0.2, -0.15) is 0 Å². The molecular formula is C16H13ClO2S2. The van der Waals surface area contributed by atoms with E-state index in [-0.39, 0.29) is 11.0 Å². The van der Waals surface area contributed by atoms with Gasteiger partial charge in [-0.1, -0.05) is 41.6 Å². The fourth-order valence-corrected chi connectivity index (χ4v) is 4.81. The molecule has 21 heavy (non-hydrogen) atoms. The first-order valence-electron chi connectivity index (χ1n) is 6.52. The minimum Gasteiger partial charge on any atom is -0.481 e. The number of rotatable bonds is 3. The summed E-state index contributed by atoms with van der Waals surface area (Å²) in [5.41, 5.74) is 2.40. The minimum absolute atomic E-state index is 0.111. The summed E-state index contributed by atoms with van der Waals surface area (Å²) < 4.78 is 0. The monoisotopic (exact) mass is 336 g/mol. The topological polar surface area (TPSA) is 37.3 Å². The second kappa shape index (κ2) is 6.34. The number of hydrogen-bond donors (Lipinski definition) is 1. The van der Waals surface area contributed by atoms with E-state index in [1.807, 2.05) is 30.3 Å². The SMILES string of the molecule is O=C(O)CS[C@H]1Cc2cc(Cl)ccc2Sc2ccccc21. The Balaban J connectivity index is 2.00. The van der Waals surface area contributed by atoms with Crippen molar-refractivity contribution in [3.8, 4) is 0 Å². The lowest BCUT2D eigenvalue weighted by Gasteiger charge is -2.16. The van der Waals surface area contributed by atoms with Gasteiger partial charge in [-0.05, 0) is 41.8 Å². The fourth-order valence-electron chi connectivity index (χ4n) is 2.40. The van der Waals surface area contributed by atoms with Gasteiger partial charge in [0.2, 0.25) is 0 Å². The van der Waals surface area contributed by atoms with Gasteiger partial charge in [0.15, 0.2) is 0 Å². The van der Waals surface area contributed by atoms with E-state index in [0.29, 0.717) is 0 Å². The Morgan fingerprint density at radius 2 is 2.10 bits per heavy atom. The Morgan fingerprint density at radius 1 is 1.29 bits per heavy atom. The van der Waals surface area contributed by atoms with Crippen molar-refractivity contribution in [3.05, 3.63) is 58.6 Å². The molecule has 108 valence electrons. The van der Waals surface area contributed by atoms with Crippen molar-refractivity contribution in [2.24, 2.45) is 0 Å². The number of carbonyl (C=O) groups is 1. The van der Waals surface area contributed by atoms with Crippen LogP contribution >= 0.6 is 35.1 Å². The lowest BCUT2D eigenvalue weighted by Crippen LogP contribution is -2.05. The van der Waals surface area contributed by atoms with Crippen molar-refractivity contribution in [1.82, 2.24) is 0 Å². The molecule has 1 aliphatic rings. The molecule has 2 aromatic carbocycles. The van der Waals surface area contributed by atoms with Crippen LogP contribution in [-0.2, 0) is 11.2 Å². The quantitative estimate of drug-likeness (QED) is 0.864. The summed E-state index contributed by atoms with van der Waals surface area (Å²) in [5, 5.41) is 9.82. The maximum atomic E-state index is 10.9. The van der Waals surface area contributed by atoms with Crippen LogP contribution in [0.15, 0.2) is 52.3 Å². The number of hydrogen-bond acceptors (Lipinski definition) is 3. The van der Waals surface area contributed by atoms with E-state index in [2.05, 4.69) is 12.1 Å². The molecule has 0 bridgehead atoms. The highest BCUT2D eigenvalue weighted by molar-refractivity contribution is 8.00. The van der Waals surface area contributed by atoms with Gasteiger partial charge in [-0.25, -0.2) is 0 Å². The van der Waals surface area contributed by atoms with Crippen LogP contribution in [-0.4, -0.2) is 16.8 Å². The van der Waals surface area contributed by atoms with Gasteiger partial charge in [-0.15, -0.1) is 11.8 Å². The molecule has 0 fully saturated rings. The zero-order valence-electron chi connectivity index (χ0n) is 11.1. The summed E-state index contributed by atoms with van der Waals surface area (Å²) in [6.45, 7) is 0. The average Bonchev–Trinajstić information content (AvgIpc) is 2.61. The lowest BCUT2D eigenvalue weighted by atomic mass is 10.0. The third-order valence-electron chi connectivity index (χ3n) is 3.32.